The summed E-state index contributed by atoms with van der Waals surface area (Å²) in [4.78, 5) is 2.33. The molecular formula is C50H31NO2. The van der Waals surface area contributed by atoms with Gasteiger partial charge in [0.1, 0.15) is 16.7 Å². The molecule has 3 nitrogen and oxygen atoms in total. The van der Waals surface area contributed by atoms with Gasteiger partial charge in [0, 0.05) is 27.2 Å². The molecule has 11 rings (SSSR count). The Morgan fingerprint density at radius 1 is 0.321 bits per heavy atom. The molecule has 0 spiro atoms. The van der Waals surface area contributed by atoms with Crippen molar-refractivity contribution in [2.24, 2.45) is 0 Å². The van der Waals surface area contributed by atoms with E-state index in [2.05, 4.69) is 187 Å². The first-order chi connectivity index (χ1) is 26.3. The summed E-state index contributed by atoms with van der Waals surface area (Å²) in [7, 11) is 0. The van der Waals surface area contributed by atoms with Gasteiger partial charge < -0.3 is 13.7 Å². The molecule has 3 heteroatoms. The summed E-state index contributed by atoms with van der Waals surface area (Å²) >= 11 is 0. The van der Waals surface area contributed by atoms with Crippen LogP contribution in [-0.2, 0) is 0 Å². The lowest BCUT2D eigenvalue weighted by Crippen LogP contribution is -2.10. The number of furan rings is 2. The third-order valence-electron chi connectivity index (χ3n) is 10.6. The van der Waals surface area contributed by atoms with Crippen LogP contribution < -0.4 is 4.90 Å². The van der Waals surface area contributed by atoms with Gasteiger partial charge in [-0.15, -0.1) is 0 Å². The first-order valence-corrected chi connectivity index (χ1v) is 18.0. The Hall–Kier alpha value is -7.10. The van der Waals surface area contributed by atoms with Crippen molar-refractivity contribution in [3.05, 3.63) is 188 Å². The predicted molar refractivity (Wildman–Crippen MR) is 222 cm³/mol. The fourth-order valence-electron chi connectivity index (χ4n) is 8.07. The van der Waals surface area contributed by atoms with E-state index in [1.165, 1.54) is 16.3 Å². The molecule has 2 heterocycles. The molecule has 0 aliphatic rings. The summed E-state index contributed by atoms with van der Waals surface area (Å²) in [5.74, 6) is 0. The largest absolute Gasteiger partial charge is 0.455 e. The van der Waals surface area contributed by atoms with Crippen LogP contribution in [0, 0.1) is 0 Å². The lowest BCUT2D eigenvalue weighted by molar-refractivity contribution is 0.669. The van der Waals surface area contributed by atoms with Gasteiger partial charge in [-0.3, -0.25) is 0 Å². The van der Waals surface area contributed by atoms with Gasteiger partial charge in [-0.25, -0.2) is 0 Å². The molecule has 9 aromatic carbocycles. The van der Waals surface area contributed by atoms with Gasteiger partial charge in [-0.1, -0.05) is 133 Å². The highest BCUT2D eigenvalue weighted by molar-refractivity contribution is 6.20. The topological polar surface area (TPSA) is 29.5 Å². The van der Waals surface area contributed by atoms with Gasteiger partial charge >= 0.3 is 0 Å². The maximum Gasteiger partial charge on any atom is 0.159 e. The summed E-state index contributed by atoms with van der Waals surface area (Å²) in [6.45, 7) is 0. The van der Waals surface area contributed by atoms with Crippen LogP contribution in [0.1, 0.15) is 0 Å². The first kappa shape index (κ1) is 29.6. The zero-order chi connectivity index (χ0) is 34.9. The predicted octanol–water partition coefficient (Wildman–Crippen LogP) is 14.6. The van der Waals surface area contributed by atoms with Crippen molar-refractivity contribution in [1.82, 2.24) is 0 Å². The zero-order valence-corrected chi connectivity index (χ0v) is 28.7. The molecule has 2 aromatic heterocycles. The van der Waals surface area contributed by atoms with Crippen LogP contribution in [-0.4, -0.2) is 0 Å². The third kappa shape index (κ3) is 4.75. The molecule has 0 atom stereocenters. The van der Waals surface area contributed by atoms with Gasteiger partial charge in [0.25, 0.3) is 0 Å². The summed E-state index contributed by atoms with van der Waals surface area (Å²) in [5, 5.41) is 9.03. The van der Waals surface area contributed by atoms with Crippen molar-refractivity contribution in [3.8, 4) is 22.3 Å². The van der Waals surface area contributed by atoms with Gasteiger partial charge in [0.05, 0.1) is 16.8 Å². The molecule has 0 N–H and O–H groups in total. The maximum atomic E-state index is 6.88. The highest BCUT2D eigenvalue weighted by Crippen LogP contribution is 2.47. The van der Waals surface area contributed by atoms with Crippen molar-refractivity contribution in [1.29, 1.82) is 0 Å². The molecule has 0 radical (unpaired) electrons. The highest BCUT2D eigenvalue weighted by Gasteiger charge is 2.24. The lowest BCUT2D eigenvalue weighted by Gasteiger charge is -2.26. The fourth-order valence-corrected chi connectivity index (χ4v) is 8.07. The zero-order valence-electron chi connectivity index (χ0n) is 28.7. The Kier molecular flexibility index (Phi) is 6.55. The van der Waals surface area contributed by atoms with Crippen LogP contribution in [0.4, 0.5) is 17.1 Å². The average Bonchev–Trinajstić information content (AvgIpc) is 3.81. The van der Waals surface area contributed by atoms with Crippen LogP contribution >= 0.6 is 0 Å². The second-order valence-electron chi connectivity index (χ2n) is 13.7. The minimum Gasteiger partial charge on any atom is -0.455 e. The van der Waals surface area contributed by atoms with E-state index in [0.717, 1.165) is 88.4 Å². The molecule has 0 amide bonds. The Morgan fingerprint density at radius 2 is 0.943 bits per heavy atom. The Bertz CT molecular complexity index is 3170. The number of para-hydroxylation sites is 1. The lowest BCUT2D eigenvalue weighted by atomic mass is 10.0. The van der Waals surface area contributed by atoms with Gasteiger partial charge in [0.2, 0.25) is 0 Å². The summed E-state index contributed by atoms with van der Waals surface area (Å²) in [5.41, 5.74) is 11.1. The number of hydrogen-bond acceptors (Lipinski definition) is 3. The molecule has 0 aliphatic carbocycles. The smallest absolute Gasteiger partial charge is 0.159 e. The van der Waals surface area contributed by atoms with Crippen molar-refractivity contribution in [2.45, 2.75) is 0 Å². The minimum atomic E-state index is 0.835. The summed E-state index contributed by atoms with van der Waals surface area (Å²) in [6.07, 6.45) is 0. The summed E-state index contributed by atoms with van der Waals surface area (Å²) < 4.78 is 13.6. The number of benzene rings is 9. The van der Waals surface area contributed by atoms with Gasteiger partial charge in [-0.2, -0.15) is 0 Å². The van der Waals surface area contributed by atoms with E-state index in [0.29, 0.717) is 0 Å². The van der Waals surface area contributed by atoms with Crippen LogP contribution in [0.3, 0.4) is 0 Å². The normalized spacial score (nSPS) is 11.8. The quantitative estimate of drug-likeness (QED) is 0.182. The van der Waals surface area contributed by atoms with E-state index in [1.807, 2.05) is 6.07 Å². The molecule has 0 saturated heterocycles. The van der Waals surface area contributed by atoms with Gasteiger partial charge in [0.15, 0.2) is 5.58 Å². The van der Waals surface area contributed by atoms with E-state index in [9.17, 15) is 0 Å². The van der Waals surface area contributed by atoms with Crippen LogP contribution in [0.15, 0.2) is 197 Å². The van der Waals surface area contributed by atoms with Crippen molar-refractivity contribution in [2.75, 3.05) is 4.90 Å². The molecule has 53 heavy (non-hydrogen) atoms. The molecule has 0 unspecified atom stereocenters. The van der Waals surface area contributed by atoms with E-state index in [1.54, 1.807) is 0 Å². The van der Waals surface area contributed by atoms with Crippen molar-refractivity contribution in [3.63, 3.8) is 0 Å². The number of nitrogens with zero attached hydrogens (tertiary/aromatic N) is 1. The van der Waals surface area contributed by atoms with E-state index < -0.39 is 0 Å². The molecule has 248 valence electrons. The molecule has 0 saturated carbocycles. The maximum absolute atomic E-state index is 6.88. The number of fused-ring (bicyclic) bond motifs is 9. The Balaban J connectivity index is 1.14. The molecule has 0 aliphatic heterocycles. The number of rotatable bonds is 5. The SMILES string of the molecule is c1ccc(-c2ccc3c(c2)oc2c(N(c4ccc(-c5ccc6ccccc6c5)cc4)c4cccc5oc6c7ccccc7ccc6c45)cccc23)cc1. The monoisotopic (exact) mass is 677 g/mol. The van der Waals surface area contributed by atoms with Crippen LogP contribution in [0.2, 0.25) is 0 Å². The Labute approximate surface area is 305 Å². The fraction of sp³-hybridized carbons (Fsp3) is 0. The minimum absolute atomic E-state index is 0.835. The second-order valence-corrected chi connectivity index (χ2v) is 13.7. The first-order valence-electron chi connectivity index (χ1n) is 18.0. The third-order valence-corrected chi connectivity index (χ3v) is 10.6. The van der Waals surface area contributed by atoms with E-state index >= 15 is 0 Å². The second kappa shape index (κ2) is 11.7. The standard InChI is InChI=1S/C50H31NO2/c1-2-10-32(11-3-1)38-25-28-41-42-16-8-18-45(50(42)53-47(41)31-38)51(39-26-22-34(23-27-39)37-21-20-33-12-4-5-14-36(33)30-37)44-17-9-19-46-48(44)43-29-24-35-13-6-7-15-40(35)49(43)52-46/h1-31H. The molecule has 0 bridgehead atoms. The highest BCUT2D eigenvalue weighted by atomic mass is 16.3. The van der Waals surface area contributed by atoms with Crippen molar-refractivity contribution < 1.29 is 8.83 Å². The van der Waals surface area contributed by atoms with Crippen molar-refractivity contribution >= 4 is 82.5 Å². The van der Waals surface area contributed by atoms with Crippen LogP contribution in [0.25, 0.3) is 87.7 Å². The van der Waals surface area contributed by atoms with Crippen LogP contribution in [0.5, 0.6) is 0 Å². The molecule has 0 fully saturated rings. The summed E-state index contributed by atoms with van der Waals surface area (Å²) in [6, 6.07) is 66.7. The molecule has 11 aromatic rings. The van der Waals surface area contributed by atoms with E-state index in [-0.39, 0.29) is 0 Å². The average molecular weight is 678 g/mol. The number of hydrogen-bond donors (Lipinski definition) is 0. The Morgan fingerprint density at radius 3 is 1.83 bits per heavy atom. The molecular weight excluding hydrogens is 647 g/mol. The number of anilines is 3. The van der Waals surface area contributed by atoms with E-state index in [4.69, 9.17) is 8.83 Å². The van der Waals surface area contributed by atoms with Gasteiger partial charge in [-0.05, 0) is 93.0 Å².